The van der Waals surface area contributed by atoms with E-state index in [1.165, 1.54) is 25.3 Å². The fourth-order valence-corrected chi connectivity index (χ4v) is 5.68. The van der Waals surface area contributed by atoms with Crippen LogP contribution in [-0.2, 0) is 9.53 Å². The molecular weight excluding hydrogens is 424 g/mol. The molecule has 0 amide bonds. The number of ether oxygens (including phenoxy) is 2. The first-order chi connectivity index (χ1) is 15.1. The standard InChI is InChI=1S/C22H20O10/c1-30-11-7-12(31-14(23)8-11)16-20(27)9-13-18(25)21(16,28)17(22(20,29)19(26)32-13)15(24)10-5-3-2-4-6-10/h2-8,13,16-18,25,27-29H,9H2,1H3. The monoisotopic (exact) mass is 444 g/mol. The first-order valence-electron chi connectivity index (χ1n) is 9.93. The lowest BCUT2D eigenvalue weighted by molar-refractivity contribution is -0.252. The van der Waals surface area contributed by atoms with Crippen LogP contribution < -0.4 is 10.4 Å². The molecule has 10 nitrogen and oxygen atoms in total. The average molecular weight is 444 g/mol. The van der Waals surface area contributed by atoms with Crippen molar-refractivity contribution in [2.45, 2.75) is 41.3 Å². The van der Waals surface area contributed by atoms with Gasteiger partial charge in [-0.1, -0.05) is 30.3 Å². The molecular formula is C22H20O10. The zero-order valence-corrected chi connectivity index (χ0v) is 16.8. The molecule has 1 aromatic heterocycles. The van der Waals surface area contributed by atoms with Crippen molar-refractivity contribution < 1.29 is 43.9 Å². The first kappa shape index (κ1) is 20.8. The number of carbonyl (C=O) groups excluding carboxylic acids is 2. The number of Topliss-reactive ketones (excluding diaryl/α,β-unsaturated/α-hetero) is 1. The highest BCUT2D eigenvalue weighted by Gasteiger charge is 2.88. The number of hydrogen-bond acceptors (Lipinski definition) is 10. The van der Waals surface area contributed by atoms with Crippen molar-refractivity contribution in [3.8, 4) is 5.75 Å². The van der Waals surface area contributed by atoms with Crippen molar-refractivity contribution in [3.63, 3.8) is 0 Å². The predicted octanol–water partition coefficient (Wildman–Crippen LogP) is -0.872. The van der Waals surface area contributed by atoms with Crippen LogP contribution in [0, 0.1) is 5.92 Å². The van der Waals surface area contributed by atoms with Gasteiger partial charge in [-0.2, -0.15) is 0 Å². The minimum Gasteiger partial charge on any atom is -0.496 e. The van der Waals surface area contributed by atoms with Crippen LogP contribution in [0.1, 0.15) is 28.5 Å². The Morgan fingerprint density at radius 1 is 1.12 bits per heavy atom. The topological polar surface area (TPSA) is 164 Å². The summed E-state index contributed by atoms with van der Waals surface area (Å²) in [5.74, 6) is -6.31. The molecule has 32 heavy (non-hydrogen) atoms. The van der Waals surface area contributed by atoms with Gasteiger partial charge in [-0.25, -0.2) is 9.59 Å². The van der Waals surface area contributed by atoms with Crippen LogP contribution in [0.4, 0.5) is 0 Å². The van der Waals surface area contributed by atoms with Gasteiger partial charge in [0.05, 0.1) is 25.0 Å². The molecule has 1 aromatic carbocycles. The van der Waals surface area contributed by atoms with E-state index in [0.717, 1.165) is 6.07 Å². The molecule has 7 atom stereocenters. The molecule has 3 aliphatic rings. The van der Waals surface area contributed by atoms with Crippen molar-refractivity contribution in [2.75, 3.05) is 7.11 Å². The van der Waals surface area contributed by atoms with Crippen molar-refractivity contribution in [2.24, 2.45) is 5.92 Å². The summed E-state index contributed by atoms with van der Waals surface area (Å²) in [5.41, 5.74) is -8.89. The van der Waals surface area contributed by atoms with Crippen LogP contribution in [0.2, 0.25) is 0 Å². The lowest BCUT2D eigenvalue weighted by Crippen LogP contribution is -2.69. The molecule has 1 aliphatic heterocycles. The van der Waals surface area contributed by atoms with E-state index in [0.29, 0.717) is 0 Å². The molecule has 5 rings (SSSR count). The molecule has 2 saturated carbocycles. The molecule has 168 valence electrons. The van der Waals surface area contributed by atoms with Crippen molar-refractivity contribution in [3.05, 3.63) is 64.2 Å². The van der Waals surface area contributed by atoms with Gasteiger partial charge in [0.15, 0.2) is 5.78 Å². The predicted molar refractivity (Wildman–Crippen MR) is 104 cm³/mol. The SMILES string of the molecule is COc1cc(C2C3(O)C(O)C4CC2(O)C(O)(C(=O)O4)C3C(=O)c2ccccc2)oc(=O)c1. The quantitative estimate of drug-likeness (QED) is 0.344. The number of fused-ring (bicyclic) bond motifs is 2. The van der Waals surface area contributed by atoms with Crippen molar-refractivity contribution >= 4 is 11.8 Å². The Hall–Kier alpha value is -3.05. The second-order valence-electron chi connectivity index (χ2n) is 8.49. The maximum Gasteiger partial charge on any atom is 0.342 e. The van der Waals surface area contributed by atoms with Gasteiger partial charge < -0.3 is 34.3 Å². The maximum atomic E-state index is 13.5. The number of ketones is 1. The summed E-state index contributed by atoms with van der Waals surface area (Å²) < 4.78 is 15.4. The molecule has 3 bridgehead atoms. The molecule has 4 N–H and O–H groups in total. The summed E-state index contributed by atoms with van der Waals surface area (Å²) >= 11 is 0. The summed E-state index contributed by atoms with van der Waals surface area (Å²) in [4.78, 5) is 38.5. The molecule has 0 radical (unpaired) electrons. The molecule has 2 heterocycles. The highest BCUT2D eigenvalue weighted by molar-refractivity contribution is 6.05. The van der Waals surface area contributed by atoms with Gasteiger partial charge in [0, 0.05) is 18.1 Å². The van der Waals surface area contributed by atoms with Gasteiger partial charge in [0.25, 0.3) is 0 Å². The minimum absolute atomic E-state index is 0.0218. The van der Waals surface area contributed by atoms with Crippen LogP contribution in [0.25, 0.3) is 0 Å². The largest absolute Gasteiger partial charge is 0.496 e. The molecule has 7 unspecified atom stereocenters. The fourth-order valence-electron chi connectivity index (χ4n) is 5.68. The van der Waals surface area contributed by atoms with Crippen molar-refractivity contribution in [1.29, 1.82) is 0 Å². The van der Waals surface area contributed by atoms with E-state index < -0.39 is 64.6 Å². The van der Waals surface area contributed by atoms with Gasteiger partial charge in [0.2, 0.25) is 5.60 Å². The summed E-state index contributed by atoms with van der Waals surface area (Å²) in [6.45, 7) is 0. The molecule has 3 fully saturated rings. The first-order valence-corrected chi connectivity index (χ1v) is 9.93. The molecule has 2 aliphatic carbocycles. The Labute approximate surface area is 180 Å². The van der Waals surface area contributed by atoms with Crippen LogP contribution in [0.15, 0.2) is 51.7 Å². The van der Waals surface area contributed by atoms with E-state index in [4.69, 9.17) is 13.9 Å². The average Bonchev–Trinajstić information content (AvgIpc) is 2.87. The zero-order valence-electron chi connectivity index (χ0n) is 16.8. The third-order valence-corrected chi connectivity index (χ3v) is 6.99. The van der Waals surface area contributed by atoms with E-state index >= 15 is 0 Å². The van der Waals surface area contributed by atoms with E-state index in [-0.39, 0.29) is 17.1 Å². The number of aliphatic hydroxyl groups is 4. The number of rotatable bonds is 4. The van der Waals surface area contributed by atoms with Gasteiger partial charge >= 0.3 is 11.6 Å². The summed E-state index contributed by atoms with van der Waals surface area (Å²) in [6.07, 6.45) is -3.76. The van der Waals surface area contributed by atoms with Crippen molar-refractivity contribution in [1.82, 2.24) is 0 Å². The Kier molecular flexibility index (Phi) is 4.22. The number of carbonyl (C=O) groups is 2. The number of hydrogen-bond donors (Lipinski definition) is 4. The van der Waals surface area contributed by atoms with Crippen LogP contribution in [0.3, 0.4) is 0 Å². The third-order valence-electron chi connectivity index (χ3n) is 6.99. The minimum atomic E-state index is -2.92. The van der Waals surface area contributed by atoms with Gasteiger partial charge in [0.1, 0.15) is 34.9 Å². The van der Waals surface area contributed by atoms with Gasteiger partial charge in [-0.05, 0) is 0 Å². The normalized spacial score (nSPS) is 39.6. The zero-order chi connectivity index (χ0) is 23.1. The molecule has 1 saturated heterocycles. The number of aliphatic hydroxyl groups excluding tert-OH is 1. The highest BCUT2D eigenvalue weighted by atomic mass is 16.6. The van der Waals surface area contributed by atoms with Crippen LogP contribution >= 0.6 is 0 Å². The maximum absolute atomic E-state index is 13.5. The third kappa shape index (κ3) is 2.29. The summed E-state index contributed by atoms with van der Waals surface area (Å²) in [5, 5.41) is 46.1. The Morgan fingerprint density at radius 3 is 2.47 bits per heavy atom. The summed E-state index contributed by atoms with van der Waals surface area (Å²) in [6, 6.07) is 9.75. The lowest BCUT2D eigenvalue weighted by atomic mass is 9.65. The van der Waals surface area contributed by atoms with Gasteiger partial charge in [-0.3, -0.25) is 4.79 Å². The van der Waals surface area contributed by atoms with Crippen LogP contribution in [-0.4, -0.2) is 68.3 Å². The lowest BCUT2D eigenvalue weighted by Gasteiger charge is -2.50. The van der Waals surface area contributed by atoms with Crippen LogP contribution in [0.5, 0.6) is 5.75 Å². The summed E-state index contributed by atoms with van der Waals surface area (Å²) in [7, 11) is 1.28. The molecule has 2 aromatic rings. The fraction of sp³-hybridized carbons (Fsp3) is 0.409. The van der Waals surface area contributed by atoms with E-state index in [2.05, 4.69) is 0 Å². The van der Waals surface area contributed by atoms with E-state index in [1.54, 1.807) is 18.2 Å². The van der Waals surface area contributed by atoms with Gasteiger partial charge in [-0.15, -0.1) is 0 Å². The smallest absolute Gasteiger partial charge is 0.342 e. The second kappa shape index (κ2) is 6.48. The molecule has 10 heteroatoms. The number of methoxy groups -OCH3 is 1. The second-order valence-corrected chi connectivity index (χ2v) is 8.49. The molecule has 0 spiro atoms. The highest BCUT2D eigenvalue weighted by Crippen LogP contribution is 2.67. The Balaban J connectivity index is 1.80. The number of benzene rings is 1. The Bertz CT molecular complexity index is 1170. The number of esters is 1. The van der Waals surface area contributed by atoms with E-state index in [9.17, 15) is 34.8 Å². The van der Waals surface area contributed by atoms with E-state index in [1.807, 2.05) is 0 Å². The Morgan fingerprint density at radius 2 is 1.81 bits per heavy atom.